The van der Waals surface area contributed by atoms with Crippen LogP contribution in [0.15, 0.2) is 29.0 Å². The van der Waals surface area contributed by atoms with Gasteiger partial charge in [0.05, 0.1) is 5.60 Å². The highest BCUT2D eigenvalue weighted by atomic mass is 16.5. The van der Waals surface area contributed by atoms with Gasteiger partial charge in [-0.1, -0.05) is 18.0 Å². The SMILES string of the molecule is O=C(C1CCCC1)N1CCC2(CC1)CC(Cc1nc(-c3ccncc3)no1)CCO2. The number of likely N-dealkylation sites (tertiary alicyclic amines) is 1. The maximum Gasteiger partial charge on any atom is 0.227 e. The molecule has 1 spiro atoms. The lowest BCUT2D eigenvalue weighted by Gasteiger charge is -2.46. The summed E-state index contributed by atoms with van der Waals surface area (Å²) in [6, 6.07) is 3.78. The Morgan fingerprint density at radius 2 is 1.90 bits per heavy atom. The second-order valence-corrected chi connectivity index (χ2v) is 9.15. The third-order valence-electron chi connectivity index (χ3n) is 7.16. The number of hydrogen-bond donors (Lipinski definition) is 0. The number of pyridine rings is 1. The van der Waals surface area contributed by atoms with Gasteiger partial charge in [0, 0.05) is 50.0 Å². The fraction of sp³-hybridized carbons (Fsp3) is 0.652. The van der Waals surface area contributed by atoms with Gasteiger partial charge >= 0.3 is 0 Å². The van der Waals surface area contributed by atoms with Crippen LogP contribution in [-0.4, -0.2) is 51.2 Å². The molecule has 0 bridgehead atoms. The minimum atomic E-state index is -0.0939. The largest absolute Gasteiger partial charge is 0.375 e. The number of hydrogen-bond acceptors (Lipinski definition) is 6. The van der Waals surface area contributed by atoms with E-state index in [1.54, 1.807) is 12.4 Å². The van der Waals surface area contributed by atoms with Crippen molar-refractivity contribution < 1.29 is 14.1 Å². The minimum Gasteiger partial charge on any atom is -0.375 e. The summed E-state index contributed by atoms with van der Waals surface area (Å²) in [6.45, 7) is 2.43. The summed E-state index contributed by atoms with van der Waals surface area (Å²) < 4.78 is 11.8. The molecule has 2 aromatic rings. The Balaban J connectivity index is 1.18. The molecule has 7 heteroatoms. The first-order chi connectivity index (χ1) is 14.7. The van der Waals surface area contributed by atoms with Gasteiger partial charge in [0.25, 0.3) is 0 Å². The van der Waals surface area contributed by atoms with Gasteiger partial charge in [0.15, 0.2) is 0 Å². The first-order valence-corrected chi connectivity index (χ1v) is 11.4. The van der Waals surface area contributed by atoms with E-state index >= 15 is 0 Å². The van der Waals surface area contributed by atoms with Crippen LogP contribution in [0.1, 0.15) is 57.3 Å². The number of piperidine rings is 1. The van der Waals surface area contributed by atoms with E-state index in [4.69, 9.17) is 9.26 Å². The Kier molecular flexibility index (Phi) is 5.54. The maximum absolute atomic E-state index is 12.7. The number of aromatic nitrogens is 3. The molecule has 2 aromatic heterocycles. The first kappa shape index (κ1) is 19.7. The Hall–Kier alpha value is -2.28. The standard InChI is InChI=1S/C23H30N4O3/c28-22(19-3-1-2-4-19)27-12-8-23(9-13-27)16-17(7-14-29-23)15-20-25-21(26-30-20)18-5-10-24-11-6-18/h5-6,10-11,17,19H,1-4,7-9,12-16H2. The third-order valence-corrected chi connectivity index (χ3v) is 7.16. The van der Waals surface area contributed by atoms with Crippen LogP contribution >= 0.6 is 0 Å². The highest BCUT2D eigenvalue weighted by Crippen LogP contribution is 2.39. The van der Waals surface area contributed by atoms with Gasteiger partial charge in [-0.2, -0.15) is 4.98 Å². The zero-order chi connectivity index (χ0) is 20.4. The van der Waals surface area contributed by atoms with Crippen LogP contribution in [0, 0.1) is 11.8 Å². The molecule has 1 aliphatic carbocycles. The lowest BCUT2D eigenvalue weighted by molar-refractivity contribution is -0.150. The van der Waals surface area contributed by atoms with Crippen LogP contribution < -0.4 is 0 Å². The average molecular weight is 411 g/mol. The third kappa shape index (κ3) is 4.13. The van der Waals surface area contributed by atoms with Gasteiger partial charge in [-0.3, -0.25) is 9.78 Å². The fourth-order valence-corrected chi connectivity index (χ4v) is 5.42. The summed E-state index contributed by atoms with van der Waals surface area (Å²) in [7, 11) is 0. The zero-order valence-electron chi connectivity index (χ0n) is 17.5. The van der Waals surface area contributed by atoms with E-state index in [-0.39, 0.29) is 11.5 Å². The molecule has 5 rings (SSSR count). The average Bonchev–Trinajstić information content (AvgIpc) is 3.47. The van der Waals surface area contributed by atoms with Crippen LogP contribution in [0.25, 0.3) is 11.4 Å². The first-order valence-electron chi connectivity index (χ1n) is 11.4. The normalized spacial score (nSPS) is 24.4. The highest BCUT2D eigenvalue weighted by Gasteiger charge is 2.42. The molecule has 3 aliphatic rings. The minimum absolute atomic E-state index is 0.0939. The Labute approximate surface area is 177 Å². The van der Waals surface area contributed by atoms with E-state index in [1.165, 1.54) is 12.8 Å². The number of carbonyl (C=O) groups is 1. The number of amides is 1. The molecule has 4 heterocycles. The van der Waals surface area contributed by atoms with Crippen molar-refractivity contribution in [3.05, 3.63) is 30.4 Å². The summed E-state index contributed by atoms with van der Waals surface area (Å²) in [6.07, 6.45) is 12.7. The van der Waals surface area contributed by atoms with Crippen LogP contribution in [0.3, 0.4) is 0 Å². The van der Waals surface area contributed by atoms with Gasteiger partial charge in [0.2, 0.25) is 17.6 Å². The van der Waals surface area contributed by atoms with E-state index in [1.807, 2.05) is 12.1 Å². The van der Waals surface area contributed by atoms with Crippen LogP contribution in [0.2, 0.25) is 0 Å². The smallest absolute Gasteiger partial charge is 0.227 e. The lowest BCUT2D eigenvalue weighted by Crippen LogP contribution is -2.51. The van der Waals surface area contributed by atoms with Crippen molar-refractivity contribution in [1.82, 2.24) is 20.0 Å². The van der Waals surface area contributed by atoms with E-state index in [2.05, 4.69) is 20.0 Å². The molecule has 0 aromatic carbocycles. The summed E-state index contributed by atoms with van der Waals surface area (Å²) in [5, 5.41) is 4.13. The molecule has 0 radical (unpaired) electrons. The molecule has 1 amide bonds. The fourth-order valence-electron chi connectivity index (χ4n) is 5.42. The predicted molar refractivity (Wildman–Crippen MR) is 110 cm³/mol. The van der Waals surface area contributed by atoms with Crippen molar-refractivity contribution in [2.75, 3.05) is 19.7 Å². The quantitative estimate of drug-likeness (QED) is 0.765. The van der Waals surface area contributed by atoms with Crippen molar-refractivity contribution in [2.24, 2.45) is 11.8 Å². The second kappa shape index (κ2) is 8.46. The van der Waals surface area contributed by atoms with E-state index in [9.17, 15) is 4.79 Å². The number of ether oxygens (including phenoxy) is 1. The van der Waals surface area contributed by atoms with Crippen molar-refractivity contribution in [1.29, 1.82) is 0 Å². The predicted octanol–water partition coefficient (Wildman–Crippen LogP) is 3.65. The second-order valence-electron chi connectivity index (χ2n) is 9.15. The topological polar surface area (TPSA) is 81.4 Å². The van der Waals surface area contributed by atoms with Gasteiger partial charge in [-0.05, 0) is 56.6 Å². The van der Waals surface area contributed by atoms with Crippen molar-refractivity contribution in [3.63, 3.8) is 0 Å². The van der Waals surface area contributed by atoms with Gasteiger partial charge in [0.1, 0.15) is 0 Å². The van der Waals surface area contributed by atoms with E-state index in [0.717, 1.165) is 70.2 Å². The summed E-state index contributed by atoms with van der Waals surface area (Å²) in [5.74, 6) is 2.43. The van der Waals surface area contributed by atoms with Crippen molar-refractivity contribution in [3.8, 4) is 11.4 Å². The Morgan fingerprint density at radius 1 is 1.13 bits per heavy atom. The van der Waals surface area contributed by atoms with Gasteiger partial charge < -0.3 is 14.2 Å². The Morgan fingerprint density at radius 3 is 2.67 bits per heavy atom. The molecule has 7 nitrogen and oxygen atoms in total. The van der Waals surface area contributed by atoms with Crippen LogP contribution in [-0.2, 0) is 16.0 Å². The molecule has 0 N–H and O–H groups in total. The van der Waals surface area contributed by atoms with Crippen LogP contribution in [0.5, 0.6) is 0 Å². The molecule has 2 saturated heterocycles. The number of nitrogens with zero attached hydrogens (tertiary/aromatic N) is 4. The molecular weight excluding hydrogens is 380 g/mol. The lowest BCUT2D eigenvalue weighted by atomic mass is 9.78. The van der Waals surface area contributed by atoms with Crippen molar-refractivity contribution in [2.45, 2.75) is 63.4 Å². The van der Waals surface area contributed by atoms with Gasteiger partial charge in [-0.15, -0.1) is 0 Å². The maximum atomic E-state index is 12.7. The Bertz CT molecular complexity index is 854. The van der Waals surface area contributed by atoms with E-state index < -0.39 is 0 Å². The molecule has 1 atom stereocenters. The number of rotatable bonds is 4. The monoisotopic (exact) mass is 410 g/mol. The summed E-state index contributed by atoms with van der Waals surface area (Å²) in [5.41, 5.74) is 0.825. The molecule has 3 fully saturated rings. The van der Waals surface area contributed by atoms with Gasteiger partial charge in [-0.25, -0.2) is 0 Å². The highest BCUT2D eigenvalue weighted by molar-refractivity contribution is 5.79. The van der Waals surface area contributed by atoms with Crippen LogP contribution in [0.4, 0.5) is 0 Å². The molecule has 30 heavy (non-hydrogen) atoms. The van der Waals surface area contributed by atoms with E-state index in [0.29, 0.717) is 23.5 Å². The molecule has 2 aliphatic heterocycles. The molecular formula is C23H30N4O3. The molecule has 160 valence electrons. The number of carbonyl (C=O) groups excluding carboxylic acids is 1. The molecule has 1 saturated carbocycles. The summed E-state index contributed by atoms with van der Waals surface area (Å²) >= 11 is 0. The van der Waals surface area contributed by atoms with Crippen molar-refractivity contribution >= 4 is 5.91 Å². The molecule has 1 unspecified atom stereocenters. The zero-order valence-corrected chi connectivity index (χ0v) is 17.5. The summed E-state index contributed by atoms with van der Waals surface area (Å²) in [4.78, 5) is 23.5.